The minimum absolute atomic E-state index is 0.376. The molecule has 0 fully saturated rings. The highest BCUT2D eigenvalue weighted by Gasteiger charge is 2.17. The maximum Gasteiger partial charge on any atom is 0.322 e. The molecule has 8 heteroatoms. The number of ether oxygens (including phenoxy) is 1. The topological polar surface area (TPSA) is 117 Å². The predicted molar refractivity (Wildman–Crippen MR) is 132 cm³/mol. The number of rotatable bonds is 9. The molecule has 0 aliphatic rings. The standard InChI is InChI=1S/C27H27N3O5/c1-35-23-15-9-20(10-16-23)11-17-24(21-13-7-19(8-14-21)12-18-25(31)30-34)28-27(33)29-26(32)22-5-3-2-4-6-22/h2-10,12-16,18,24,34H,11,17H2,1H3,(H,30,31)(H2,28,29,32,33). The number of amides is 4. The molecule has 0 saturated heterocycles. The summed E-state index contributed by atoms with van der Waals surface area (Å²) < 4.78 is 5.20. The van der Waals surface area contributed by atoms with Crippen LogP contribution in [0.4, 0.5) is 4.79 Å². The monoisotopic (exact) mass is 473 g/mol. The Morgan fingerprint density at radius 2 is 1.63 bits per heavy atom. The molecule has 8 nitrogen and oxygen atoms in total. The summed E-state index contributed by atoms with van der Waals surface area (Å²) in [4.78, 5) is 36.2. The van der Waals surface area contributed by atoms with Crippen LogP contribution in [0.3, 0.4) is 0 Å². The first kappa shape index (κ1) is 25.2. The van der Waals surface area contributed by atoms with Gasteiger partial charge in [0, 0.05) is 11.6 Å². The van der Waals surface area contributed by atoms with Crippen LogP contribution in [0, 0.1) is 0 Å². The summed E-state index contributed by atoms with van der Waals surface area (Å²) in [7, 11) is 1.61. The van der Waals surface area contributed by atoms with Crippen molar-refractivity contribution in [3.63, 3.8) is 0 Å². The third-order valence-electron chi connectivity index (χ3n) is 5.33. The molecule has 0 saturated carbocycles. The van der Waals surface area contributed by atoms with Crippen LogP contribution in [0.15, 0.2) is 84.9 Å². The number of carbonyl (C=O) groups is 3. The molecule has 0 heterocycles. The Balaban J connectivity index is 1.72. The number of imide groups is 1. The highest BCUT2D eigenvalue weighted by Crippen LogP contribution is 2.22. The van der Waals surface area contributed by atoms with Gasteiger partial charge in [-0.05, 0) is 59.9 Å². The Bertz CT molecular complexity index is 1160. The van der Waals surface area contributed by atoms with Gasteiger partial charge in [-0.15, -0.1) is 0 Å². The number of aryl methyl sites for hydroxylation is 1. The molecule has 35 heavy (non-hydrogen) atoms. The Morgan fingerprint density at radius 1 is 0.943 bits per heavy atom. The van der Waals surface area contributed by atoms with Crippen LogP contribution in [0.2, 0.25) is 0 Å². The van der Waals surface area contributed by atoms with E-state index in [2.05, 4.69) is 10.6 Å². The van der Waals surface area contributed by atoms with Gasteiger partial charge < -0.3 is 10.1 Å². The van der Waals surface area contributed by atoms with Crippen LogP contribution < -0.4 is 20.9 Å². The number of hydroxylamine groups is 1. The molecule has 4 amide bonds. The van der Waals surface area contributed by atoms with Crippen LogP contribution in [-0.4, -0.2) is 30.2 Å². The molecule has 180 valence electrons. The predicted octanol–water partition coefficient (Wildman–Crippen LogP) is 4.03. The largest absolute Gasteiger partial charge is 0.497 e. The van der Waals surface area contributed by atoms with E-state index in [1.54, 1.807) is 55.7 Å². The SMILES string of the molecule is COc1ccc(CCC(NC(=O)NC(=O)c2ccccc2)c2ccc(C=CC(=O)NO)cc2)cc1. The zero-order valence-electron chi connectivity index (χ0n) is 19.2. The van der Waals surface area contributed by atoms with Gasteiger partial charge in [-0.3, -0.25) is 20.1 Å². The van der Waals surface area contributed by atoms with Gasteiger partial charge in [0.2, 0.25) is 0 Å². The van der Waals surface area contributed by atoms with E-state index in [4.69, 9.17) is 9.94 Å². The van der Waals surface area contributed by atoms with Gasteiger partial charge in [0.05, 0.1) is 13.2 Å². The van der Waals surface area contributed by atoms with E-state index in [1.807, 2.05) is 36.4 Å². The average Bonchev–Trinajstić information content (AvgIpc) is 2.90. The van der Waals surface area contributed by atoms with Gasteiger partial charge in [-0.1, -0.05) is 54.6 Å². The maximum atomic E-state index is 12.6. The van der Waals surface area contributed by atoms with Crippen molar-refractivity contribution in [1.82, 2.24) is 16.1 Å². The molecule has 0 spiro atoms. The van der Waals surface area contributed by atoms with Crippen LogP contribution in [-0.2, 0) is 11.2 Å². The number of hydrogen-bond acceptors (Lipinski definition) is 5. The van der Waals surface area contributed by atoms with E-state index in [9.17, 15) is 14.4 Å². The third-order valence-corrected chi connectivity index (χ3v) is 5.33. The number of benzene rings is 3. The van der Waals surface area contributed by atoms with Gasteiger partial charge in [-0.25, -0.2) is 10.3 Å². The highest BCUT2D eigenvalue weighted by atomic mass is 16.5. The first-order valence-electron chi connectivity index (χ1n) is 11.0. The molecule has 0 bridgehead atoms. The van der Waals surface area contributed by atoms with E-state index in [0.717, 1.165) is 22.4 Å². The lowest BCUT2D eigenvalue weighted by Crippen LogP contribution is -2.41. The van der Waals surface area contributed by atoms with Crippen LogP contribution in [0.5, 0.6) is 5.75 Å². The number of methoxy groups -OCH3 is 1. The van der Waals surface area contributed by atoms with E-state index in [-0.39, 0.29) is 6.04 Å². The van der Waals surface area contributed by atoms with Crippen LogP contribution in [0.1, 0.15) is 39.5 Å². The van der Waals surface area contributed by atoms with E-state index < -0.39 is 17.8 Å². The minimum atomic E-state index is -0.632. The van der Waals surface area contributed by atoms with E-state index in [0.29, 0.717) is 18.4 Å². The number of nitrogens with one attached hydrogen (secondary N) is 3. The first-order chi connectivity index (χ1) is 17.0. The molecule has 3 aromatic carbocycles. The molecule has 4 N–H and O–H groups in total. The number of urea groups is 1. The van der Waals surface area contributed by atoms with Crippen molar-refractivity contribution in [2.45, 2.75) is 18.9 Å². The second kappa shape index (κ2) is 12.7. The van der Waals surface area contributed by atoms with Crippen molar-refractivity contribution in [2.75, 3.05) is 7.11 Å². The Morgan fingerprint density at radius 3 is 2.26 bits per heavy atom. The lowest BCUT2D eigenvalue weighted by Gasteiger charge is -2.20. The summed E-state index contributed by atoms with van der Waals surface area (Å²) in [5, 5.41) is 13.9. The zero-order chi connectivity index (χ0) is 25.0. The van der Waals surface area contributed by atoms with E-state index in [1.165, 1.54) is 11.6 Å². The Kier molecular flexibility index (Phi) is 9.15. The Hall–Kier alpha value is -4.43. The van der Waals surface area contributed by atoms with Gasteiger partial charge >= 0.3 is 6.03 Å². The summed E-state index contributed by atoms with van der Waals surface area (Å²) in [5.41, 5.74) is 4.59. The fourth-order valence-corrected chi connectivity index (χ4v) is 3.43. The molecule has 3 rings (SSSR count). The number of hydrogen-bond donors (Lipinski definition) is 4. The average molecular weight is 474 g/mol. The molecule has 1 atom stereocenters. The Labute approximate surface area is 203 Å². The summed E-state index contributed by atoms with van der Waals surface area (Å²) >= 11 is 0. The van der Waals surface area contributed by atoms with Crippen molar-refractivity contribution < 1.29 is 24.3 Å². The van der Waals surface area contributed by atoms with Crippen molar-refractivity contribution >= 4 is 23.9 Å². The van der Waals surface area contributed by atoms with Gasteiger partial charge in [-0.2, -0.15) is 0 Å². The van der Waals surface area contributed by atoms with Crippen molar-refractivity contribution in [3.05, 3.63) is 107 Å². The smallest absolute Gasteiger partial charge is 0.322 e. The normalized spacial score (nSPS) is 11.5. The zero-order valence-corrected chi connectivity index (χ0v) is 19.2. The fraction of sp³-hybridized carbons (Fsp3) is 0.148. The second-order valence-corrected chi connectivity index (χ2v) is 7.71. The molecule has 0 aliphatic heterocycles. The molecule has 1 unspecified atom stereocenters. The van der Waals surface area contributed by atoms with E-state index >= 15 is 0 Å². The van der Waals surface area contributed by atoms with Gasteiger partial charge in [0.25, 0.3) is 11.8 Å². The summed E-state index contributed by atoms with van der Waals surface area (Å²) in [6, 6.07) is 22.5. The lowest BCUT2D eigenvalue weighted by atomic mass is 9.98. The third kappa shape index (κ3) is 7.83. The quantitative estimate of drug-likeness (QED) is 0.213. The number of carbonyl (C=O) groups excluding carboxylic acids is 3. The van der Waals surface area contributed by atoms with Crippen molar-refractivity contribution in [1.29, 1.82) is 0 Å². The summed E-state index contributed by atoms with van der Waals surface area (Å²) in [6.07, 6.45) is 4.03. The fourth-order valence-electron chi connectivity index (χ4n) is 3.43. The summed E-state index contributed by atoms with van der Waals surface area (Å²) in [6.45, 7) is 0. The van der Waals surface area contributed by atoms with Crippen LogP contribution in [0.25, 0.3) is 6.08 Å². The molecule has 0 aliphatic carbocycles. The molecule has 0 aromatic heterocycles. The second-order valence-electron chi connectivity index (χ2n) is 7.71. The molecular weight excluding hydrogens is 446 g/mol. The van der Waals surface area contributed by atoms with Crippen molar-refractivity contribution in [3.8, 4) is 5.75 Å². The maximum absolute atomic E-state index is 12.6. The summed E-state index contributed by atoms with van der Waals surface area (Å²) in [5.74, 6) is -0.353. The van der Waals surface area contributed by atoms with Crippen LogP contribution >= 0.6 is 0 Å². The van der Waals surface area contributed by atoms with Gasteiger partial charge in [0.1, 0.15) is 5.75 Å². The molecule has 0 radical (unpaired) electrons. The molecule has 3 aromatic rings. The highest BCUT2D eigenvalue weighted by molar-refractivity contribution is 6.04. The van der Waals surface area contributed by atoms with Gasteiger partial charge in [0.15, 0.2) is 0 Å². The lowest BCUT2D eigenvalue weighted by molar-refractivity contribution is -0.124. The van der Waals surface area contributed by atoms with Crippen molar-refractivity contribution in [2.24, 2.45) is 0 Å². The first-order valence-corrected chi connectivity index (χ1v) is 11.0. The molecular formula is C27H27N3O5. The minimum Gasteiger partial charge on any atom is -0.497 e.